The fraction of sp³-hybridized carbons (Fsp3) is 0.429. The molecule has 2 heterocycles. The number of fused-ring (bicyclic) bond motifs is 1. The van der Waals surface area contributed by atoms with Gasteiger partial charge in [0.1, 0.15) is 5.76 Å². The van der Waals surface area contributed by atoms with Gasteiger partial charge in [0.15, 0.2) is 17.3 Å². The lowest BCUT2D eigenvalue weighted by Crippen LogP contribution is -2.38. The molecule has 6 nitrogen and oxygen atoms in total. The van der Waals surface area contributed by atoms with Crippen LogP contribution in [0.3, 0.4) is 0 Å². The molecule has 1 atom stereocenters. The van der Waals surface area contributed by atoms with Gasteiger partial charge < -0.3 is 19.8 Å². The minimum absolute atomic E-state index is 0. The number of hydrogen-bond acceptors (Lipinski definition) is 5. The minimum atomic E-state index is -0.0465. The van der Waals surface area contributed by atoms with Crippen molar-refractivity contribution in [2.24, 2.45) is 4.99 Å². The fourth-order valence-electron chi connectivity index (χ4n) is 2.85. The van der Waals surface area contributed by atoms with Gasteiger partial charge in [0.2, 0.25) is 0 Å². The fourth-order valence-corrected chi connectivity index (χ4v) is 3.69. The molecule has 3 rings (SSSR count). The Bertz CT molecular complexity index is 951. The molecule has 29 heavy (non-hydrogen) atoms. The van der Waals surface area contributed by atoms with Gasteiger partial charge in [0.25, 0.3) is 0 Å². The van der Waals surface area contributed by atoms with Gasteiger partial charge in [0, 0.05) is 23.7 Å². The lowest BCUT2D eigenvalue weighted by atomic mass is 10.2. The first-order valence-corrected chi connectivity index (χ1v) is 10.5. The van der Waals surface area contributed by atoms with E-state index in [0.717, 1.165) is 33.2 Å². The van der Waals surface area contributed by atoms with Crippen molar-refractivity contribution in [3.8, 4) is 5.75 Å². The van der Waals surface area contributed by atoms with E-state index in [0.29, 0.717) is 25.0 Å². The van der Waals surface area contributed by atoms with Crippen LogP contribution < -0.4 is 15.4 Å². The Labute approximate surface area is 193 Å². The molecule has 0 aliphatic heterocycles. The van der Waals surface area contributed by atoms with E-state index in [1.165, 1.54) is 0 Å². The average Bonchev–Trinajstić information content (AvgIpc) is 3.32. The van der Waals surface area contributed by atoms with Crippen molar-refractivity contribution in [1.29, 1.82) is 0 Å². The van der Waals surface area contributed by atoms with E-state index in [1.54, 1.807) is 18.4 Å². The first-order valence-electron chi connectivity index (χ1n) is 9.58. The van der Waals surface area contributed by atoms with Crippen molar-refractivity contribution >= 4 is 52.2 Å². The number of thiazole rings is 1. The number of nitrogens with zero attached hydrogens (tertiary/aromatic N) is 2. The van der Waals surface area contributed by atoms with Crippen molar-refractivity contribution in [3.05, 3.63) is 46.1 Å². The summed E-state index contributed by atoms with van der Waals surface area (Å²) < 4.78 is 11.7. The van der Waals surface area contributed by atoms with Crippen LogP contribution in [0.4, 0.5) is 0 Å². The molecule has 0 saturated heterocycles. The molecule has 0 aliphatic rings. The summed E-state index contributed by atoms with van der Waals surface area (Å²) in [7, 11) is 1.76. The third-order valence-corrected chi connectivity index (χ3v) is 5.52. The molecule has 0 spiro atoms. The van der Waals surface area contributed by atoms with Gasteiger partial charge in [-0.05, 0) is 26.0 Å². The van der Waals surface area contributed by atoms with E-state index < -0.39 is 0 Å². The molecule has 0 radical (unpaired) electrons. The van der Waals surface area contributed by atoms with Crippen molar-refractivity contribution in [3.63, 3.8) is 0 Å². The van der Waals surface area contributed by atoms with E-state index in [4.69, 9.17) is 9.15 Å². The Balaban J connectivity index is 0.00000300. The van der Waals surface area contributed by atoms with Gasteiger partial charge in [-0.2, -0.15) is 0 Å². The Kier molecular flexibility index (Phi) is 8.76. The van der Waals surface area contributed by atoms with Gasteiger partial charge in [-0.1, -0.05) is 26.0 Å². The second kappa shape index (κ2) is 10.8. The van der Waals surface area contributed by atoms with Crippen LogP contribution in [0.25, 0.3) is 11.0 Å². The first-order chi connectivity index (χ1) is 13.5. The summed E-state index contributed by atoms with van der Waals surface area (Å²) in [5.41, 5.74) is 1.80. The maximum Gasteiger partial charge on any atom is 0.191 e. The Hall–Kier alpha value is -1.81. The lowest BCUT2D eigenvalue weighted by Gasteiger charge is -2.15. The molecular formula is C21H29IN4O2S. The Morgan fingerprint density at radius 1 is 1.31 bits per heavy atom. The SMILES string of the molecule is CCOc1cccc2cc(C(C)NC(=NC)NCc3csc(C(C)C)n3)oc12.I. The van der Waals surface area contributed by atoms with Gasteiger partial charge >= 0.3 is 0 Å². The Morgan fingerprint density at radius 3 is 2.76 bits per heavy atom. The summed E-state index contributed by atoms with van der Waals surface area (Å²) in [4.78, 5) is 8.97. The van der Waals surface area contributed by atoms with Crippen molar-refractivity contribution in [1.82, 2.24) is 15.6 Å². The van der Waals surface area contributed by atoms with Crippen molar-refractivity contribution in [2.75, 3.05) is 13.7 Å². The number of nitrogens with one attached hydrogen (secondary N) is 2. The monoisotopic (exact) mass is 528 g/mol. The standard InChI is InChI=1S/C21H28N4O2S.HI/c1-6-26-17-9-7-8-15-10-18(27-19(15)17)14(4)24-21(22-5)23-11-16-12-28-20(25-16)13(2)3;/h7-10,12-14H,6,11H2,1-5H3,(H2,22,23,24);1H. The lowest BCUT2D eigenvalue weighted by molar-refractivity contribution is 0.336. The highest BCUT2D eigenvalue weighted by atomic mass is 127. The third-order valence-electron chi connectivity index (χ3n) is 4.33. The number of para-hydroxylation sites is 1. The molecule has 158 valence electrons. The van der Waals surface area contributed by atoms with E-state index in [-0.39, 0.29) is 30.0 Å². The molecule has 0 bridgehead atoms. The largest absolute Gasteiger partial charge is 0.490 e. The van der Waals surface area contributed by atoms with E-state index >= 15 is 0 Å². The van der Waals surface area contributed by atoms with Gasteiger partial charge in [-0.15, -0.1) is 35.3 Å². The van der Waals surface area contributed by atoms with Gasteiger partial charge in [-0.25, -0.2) is 4.98 Å². The molecular weight excluding hydrogens is 499 g/mol. The number of furan rings is 1. The predicted octanol–water partition coefficient (Wildman–Crippen LogP) is 5.46. The minimum Gasteiger partial charge on any atom is -0.490 e. The number of benzene rings is 1. The average molecular weight is 528 g/mol. The Morgan fingerprint density at radius 2 is 2.10 bits per heavy atom. The number of ether oxygens (including phenoxy) is 1. The van der Waals surface area contributed by atoms with E-state index in [2.05, 4.69) is 39.8 Å². The van der Waals surface area contributed by atoms with Crippen molar-refractivity contribution < 1.29 is 9.15 Å². The zero-order valence-corrected chi connectivity index (χ0v) is 20.6. The maximum absolute atomic E-state index is 6.07. The second-order valence-electron chi connectivity index (χ2n) is 6.88. The molecule has 2 aromatic heterocycles. The van der Waals surface area contributed by atoms with Crippen LogP contribution in [-0.2, 0) is 6.54 Å². The smallest absolute Gasteiger partial charge is 0.191 e. The van der Waals surface area contributed by atoms with E-state index in [1.807, 2.05) is 38.1 Å². The van der Waals surface area contributed by atoms with E-state index in [9.17, 15) is 0 Å². The molecule has 0 fully saturated rings. The second-order valence-corrected chi connectivity index (χ2v) is 7.77. The number of guanidine groups is 1. The molecule has 1 unspecified atom stereocenters. The molecule has 1 aromatic carbocycles. The highest BCUT2D eigenvalue weighted by Gasteiger charge is 2.16. The summed E-state index contributed by atoms with van der Waals surface area (Å²) in [6, 6.07) is 7.92. The number of aromatic nitrogens is 1. The van der Waals surface area contributed by atoms with Gasteiger partial charge in [0.05, 0.1) is 29.9 Å². The number of rotatable bonds is 7. The van der Waals surface area contributed by atoms with Crippen LogP contribution in [-0.4, -0.2) is 24.6 Å². The summed E-state index contributed by atoms with van der Waals surface area (Å²) in [5, 5.41) is 11.0. The van der Waals surface area contributed by atoms with Gasteiger partial charge in [-0.3, -0.25) is 4.99 Å². The maximum atomic E-state index is 6.07. The zero-order chi connectivity index (χ0) is 20.1. The summed E-state index contributed by atoms with van der Waals surface area (Å²) >= 11 is 1.70. The topological polar surface area (TPSA) is 71.7 Å². The number of aliphatic imine (C=N–C) groups is 1. The summed E-state index contributed by atoms with van der Waals surface area (Å²) in [5.74, 6) is 2.76. The molecule has 8 heteroatoms. The molecule has 0 amide bonds. The first kappa shape index (κ1) is 23.5. The molecule has 2 N–H and O–H groups in total. The van der Waals surface area contributed by atoms with Crippen LogP contribution in [0.1, 0.15) is 56.1 Å². The molecule has 3 aromatic rings. The normalized spacial score (nSPS) is 12.7. The molecule has 0 aliphatic carbocycles. The predicted molar refractivity (Wildman–Crippen MR) is 131 cm³/mol. The van der Waals surface area contributed by atoms with Crippen LogP contribution in [0.5, 0.6) is 5.75 Å². The van der Waals surface area contributed by atoms with Crippen molar-refractivity contribution in [2.45, 2.75) is 46.2 Å². The zero-order valence-electron chi connectivity index (χ0n) is 17.5. The van der Waals surface area contributed by atoms with Crippen LogP contribution in [0.2, 0.25) is 0 Å². The van der Waals surface area contributed by atoms with Crippen LogP contribution in [0.15, 0.2) is 39.1 Å². The number of halogens is 1. The highest BCUT2D eigenvalue weighted by Crippen LogP contribution is 2.31. The van der Waals surface area contributed by atoms with Crippen LogP contribution in [0, 0.1) is 0 Å². The summed E-state index contributed by atoms with van der Waals surface area (Å²) in [6.45, 7) is 9.56. The summed E-state index contributed by atoms with van der Waals surface area (Å²) in [6.07, 6.45) is 0. The van der Waals surface area contributed by atoms with Crippen LogP contribution >= 0.6 is 35.3 Å². The third kappa shape index (κ3) is 5.85. The number of hydrogen-bond donors (Lipinski definition) is 2. The molecule has 0 saturated carbocycles. The quantitative estimate of drug-likeness (QED) is 0.242. The highest BCUT2D eigenvalue weighted by molar-refractivity contribution is 14.0.